The lowest BCUT2D eigenvalue weighted by molar-refractivity contribution is 0.0843. The fourth-order valence-corrected chi connectivity index (χ4v) is 5.33. The summed E-state index contributed by atoms with van der Waals surface area (Å²) in [6.07, 6.45) is 3.57. The topological polar surface area (TPSA) is 82.7 Å². The van der Waals surface area contributed by atoms with Gasteiger partial charge < -0.3 is 15.7 Å². The van der Waals surface area contributed by atoms with E-state index in [1.807, 2.05) is 41.3 Å². The van der Waals surface area contributed by atoms with Crippen molar-refractivity contribution in [1.82, 2.24) is 9.88 Å². The van der Waals surface area contributed by atoms with Crippen LogP contribution >= 0.6 is 23.2 Å². The first kappa shape index (κ1) is 24.5. The highest BCUT2D eigenvalue weighted by Crippen LogP contribution is 2.39. The van der Waals surface area contributed by atoms with Crippen LogP contribution in [-0.4, -0.2) is 45.1 Å². The van der Waals surface area contributed by atoms with E-state index in [9.17, 15) is 9.90 Å². The van der Waals surface area contributed by atoms with E-state index in [2.05, 4.69) is 22.0 Å². The van der Waals surface area contributed by atoms with Crippen molar-refractivity contribution in [3.05, 3.63) is 89.1 Å². The molecule has 1 amide bonds. The van der Waals surface area contributed by atoms with Crippen LogP contribution in [0.15, 0.2) is 72.9 Å². The molecule has 0 spiro atoms. The van der Waals surface area contributed by atoms with E-state index in [1.54, 1.807) is 24.4 Å². The van der Waals surface area contributed by atoms with Crippen molar-refractivity contribution in [2.45, 2.75) is 43.4 Å². The standard InChI is InChI=1S/C26H28Cl2N4O2/c27-19-8-4-9-21(14-19)32(26-23(25(29)34)10-5-12-30-26)22-15-20(11-13-33)31(24(28)16-22)17-18-6-2-1-3-7-18/h1-10,12,14,20,22,24,33H,11,13,15-17H2,(H2,29,34). The average Bonchev–Trinajstić information content (AvgIpc) is 2.83. The molecular formula is C26H28Cl2N4O2. The molecule has 6 nitrogen and oxygen atoms in total. The Morgan fingerprint density at radius 1 is 1.12 bits per heavy atom. The lowest BCUT2D eigenvalue weighted by Gasteiger charge is -2.46. The summed E-state index contributed by atoms with van der Waals surface area (Å²) in [5.41, 5.74) is 7.73. The van der Waals surface area contributed by atoms with Gasteiger partial charge in [0.05, 0.1) is 11.1 Å². The lowest BCUT2D eigenvalue weighted by Crippen LogP contribution is -2.52. The molecule has 4 rings (SSSR count). The first-order valence-electron chi connectivity index (χ1n) is 11.3. The number of nitrogens with zero attached hydrogens (tertiary/aromatic N) is 3. The third-order valence-corrected chi connectivity index (χ3v) is 6.91. The highest BCUT2D eigenvalue weighted by molar-refractivity contribution is 6.30. The van der Waals surface area contributed by atoms with Gasteiger partial charge in [-0.05, 0) is 55.2 Å². The van der Waals surface area contributed by atoms with Crippen LogP contribution in [0, 0.1) is 0 Å². The molecule has 3 N–H and O–H groups in total. The number of benzene rings is 2. The minimum atomic E-state index is -0.550. The Labute approximate surface area is 209 Å². The second-order valence-electron chi connectivity index (χ2n) is 8.47. The van der Waals surface area contributed by atoms with E-state index in [4.69, 9.17) is 28.9 Å². The first-order valence-corrected chi connectivity index (χ1v) is 12.1. The summed E-state index contributed by atoms with van der Waals surface area (Å²) < 4.78 is 0. The number of primary amides is 1. The number of aliphatic hydroxyl groups excluding tert-OH is 1. The predicted octanol–water partition coefficient (Wildman–Crippen LogP) is 4.95. The maximum atomic E-state index is 12.3. The molecule has 178 valence electrons. The fraction of sp³-hybridized carbons (Fsp3) is 0.308. The molecule has 0 saturated carbocycles. The molecule has 1 aliphatic heterocycles. The maximum absolute atomic E-state index is 12.3. The van der Waals surface area contributed by atoms with Crippen LogP contribution in [0.3, 0.4) is 0 Å². The van der Waals surface area contributed by atoms with Gasteiger partial charge in [-0.15, -0.1) is 11.6 Å². The largest absolute Gasteiger partial charge is 0.396 e. The molecule has 8 heteroatoms. The minimum absolute atomic E-state index is 0.0360. The molecule has 1 aliphatic rings. The number of aromatic nitrogens is 1. The molecule has 3 unspecified atom stereocenters. The summed E-state index contributed by atoms with van der Waals surface area (Å²) in [6.45, 7) is 0.749. The Bertz CT molecular complexity index is 1110. The number of amides is 1. The molecule has 1 saturated heterocycles. The normalized spacial score (nSPS) is 20.7. The van der Waals surface area contributed by atoms with Crippen LogP contribution in [-0.2, 0) is 6.54 Å². The quantitative estimate of drug-likeness (QED) is 0.339. The van der Waals surface area contributed by atoms with Crippen LogP contribution in [0.4, 0.5) is 11.5 Å². The summed E-state index contributed by atoms with van der Waals surface area (Å²) in [5, 5.41) is 10.4. The van der Waals surface area contributed by atoms with Crippen LogP contribution in [0.1, 0.15) is 35.2 Å². The Kier molecular flexibility index (Phi) is 8.06. The Morgan fingerprint density at radius 3 is 2.62 bits per heavy atom. The van der Waals surface area contributed by atoms with E-state index in [1.165, 1.54) is 5.56 Å². The highest BCUT2D eigenvalue weighted by atomic mass is 35.5. The van der Waals surface area contributed by atoms with Gasteiger partial charge in [0.2, 0.25) is 0 Å². The zero-order chi connectivity index (χ0) is 24.1. The molecule has 34 heavy (non-hydrogen) atoms. The van der Waals surface area contributed by atoms with Gasteiger partial charge in [0.15, 0.2) is 0 Å². The van der Waals surface area contributed by atoms with Crippen molar-refractivity contribution < 1.29 is 9.90 Å². The van der Waals surface area contributed by atoms with Crippen molar-refractivity contribution in [3.63, 3.8) is 0 Å². The second-order valence-corrected chi connectivity index (χ2v) is 9.41. The summed E-state index contributed by atoms with van der Waals surface area (Å²) >= 11 is 13.3. The molecule has 0 bridgehead atoms. The SMILES string of the molecule is NC(=O)c1cccnc1N(c1cccc(Cl)c1)C1CC(Cl)N(Cc2ccccc2)C(CCO)C1. The predicted molar refractivity (Wildman–Crippen MR) is 136 cm³/mol. The smallest absolute Gasteiger partial charge is 0.252 e. The number of nitrogens with two attached hydrogens (primary N) is 1. The molecule has 1 fully saturated rings. The summed E-state index contributed by atoms with van der Waals surface area (Å²) in [6, 6.07) is 21.0. The number of piperidine rings is 1. The van der Waals surface area contributed by atoms with E-state index in [0.29, 0.717) is 35.8 Å². The summed E-state index contributed by atoms with van der Waals surface area (Å²) in [4.78, 5) is 21.1. The van der Waals surface area contributed by atoms with E-state index < -0.39 is 5.91 Å². The maximum Gasteiger partial charge on any atom is 0.252 e. The number of anilines is 2. The zero-order valence-electron chi connectivity index (χ0n) is 18.7. The molecule has 0 aliphatic carbocycles. The van der Waals surface area contributed by atoms with E-state index in [0.717, 1.165) is 12.1 Å². The number of alkyl halides is 1. The molecule has 0 radical (unpaired) electrons. The average molecular weight is 499 g/mol. The minimum Gasteiger partial charge on any atom is -0.396 e. The third kappa shape index (κ3) is 5.53. The van der Waals surface area contributed by atoms with Gasteiger partial charge >= 0.3 is 0 Å². The van der Waals surface area contributed by atoms with Gasteiger partial charge in [-0.25, -0.2) is 4.98 Å². The Balaban J connectivity index is 1.72. The van der Waals surface area contributed by atoms with Gasteiger partial charge in [0.25, 0.3) is 5.91 Å². The lowest BCUT2D eigenvalue weighted by atomic mass is 9.92. The molecule has 2 aromatic carbocycles. The summed E-state index contributed by atoms with van der Waals surface area (Å²) in [5.74, 6) is -0.0728. The number of likely N-dealkylation sites (tertiary alicyclic amines) is 1. The van der Waals surface area contributed by atoms with Crippen molar-refractivity contribution in [2.24, 2.45) is 5.73 Å². The number of hydrogen-bond donors (Lipinski definition) is 2. The van der Waals surface area contributed by atoms with Gasteiger partial charge in [-0.1, -0.05) is 48.0 Å². The number of carbonyl (C=O) groups excluding carboxylic acids is 1. The van der Waals surface area contributed by atoms with Crippen LogP contribution in [0.25, 0.3) is 0 Å². The monoisotopic (exact) mass is 498 g/mol. The zero-order valence-corrected chi connectivity index (χ0v) is 20.2. The molecular weight excluding hydrogens is 471 g/mol. The van der Waals surface area contributed by atoms with Crippen molar-refractivity contribution in [3.8, 4) is 0 Å². The molecule has 2 heterocycles. The van der Waals surface area contributed by atoms with Gasteiger partial charge in [0.1, 0.15) is 5.82 Å². The number of halogens is 2. The molecule has 3 atom stereocenters. The fourth-order valence-electron chi connectivity index (χ4n) is 4.71. The molecule has 3 aromatic rings. The highest BCUT2D eigenvalue weighted by Gasteiger charge is 2.38. The van der Waals surface area contributed by atoms with Crippen molar-refractivity contribution in [1.29, 1.82) is 0 Å². The number of rotatable bonds is 8. The Morgan fingerprint density at radius 2 is 1.91 bits per heavy atom. The summed E-state index contributed by atoms with van der Waals surface area (Å²) in [7, 11) is 0. The number of aliphatic hydroxyl groups is 1. The van der Waals surface area contributed by atoms with Gasteiger partial charge in [-0.2, -0.15) is 0 Å². The van der Waals surface area contributed by atoms with Crippen LogP contribution in [0.2, 0.25) is 5.02 Å². The number of hydrogen-bond acceptors (Lipinski definition) is 5. The Hall–Kier alpha value is -2.64. The first-order chi connectivity index (χ1) is 16.5. The number of carbonyl (C=O) groups is 1. The van der Waals surface area contributed by atoms with Crippen molar-refractivity contribution in [2.75, 3.05) is 11.5 Å². The van der Waals surface area contributed by atoms with E-state index >= 15 is 0 Å². The number of pyridine rings is 1. The molecule has 1 aromatic heterocycles. The second kappa shape index (κ2) is 11.2. The van der Waals surface area contributed by atoms with Crippen LogP contribution in [0.5, 0.6) is 0 Å². The third-order valence-electron chi connectivity index (χ3n) is 6.24. The van der Waals surface area contributed by atoms with Crippen LogP contribution < -0.4 is 10.6 Å². The van der Waals surface area contributed by atoms with Crippen molar-refractivity contribution >= 4 is 40.6 Å². The van der Waals surface area contributed by atoms with E-state index in [-0.39, 0.29) is 24.2 Å². The van der Waals surface area contributed by atoms with Gasteiger partial charge in [0, 0.05) is 42.1 Å². The van der Waals surface area contributed by atoms with Gasteiger partial charge in [-0.3, -0.25) is 9.69 Å².